The third-order valence-corrected chi connectivity index (χ3v) is 3.58. The molecule has 26 heavy (non-hydrogen) atoms. The normalized spacial score (nSPS) is 13.4. The fourth-order valence-corrected chi connectivity index (χ4v) is 2.34. The van der Waals surface area contributed by atoms with Crippen LogP contribution in [0.4, 0.5) is 13.2 Å². The Hall–Kier alpha value is -2.74. The molecule has 0 fully saturated rings. The van der Waals surface area contributed by atoms with Gasteiger partial charge in [0.05, 0.1) is 7.11 Å². The summed E-state index contributed by atoms with van der Waals surface area (Å²) in [6.07, 6.45) is -5.08. The van der Waals surface area contributed by atoms with Crippen molar-refractivity contribution in [2.75, 3.05) is 20.3 Å². The fourth-order valence-electron chi connectivity index (χ4n) is 2.34. The number of alkyl halides is 3. The highest BCUT2D eigenvalue weighted by Crippen LogP contribution is 2.34. The van der Waals surface area contributed by atoms with Crippen LogP contribution in [0.1, 0.15) is 5.56 Å². The van der Waals surface area contributed by atoms with E-state index in [0.717, 1.165) is 35.7 Å². The highest BCUT2D eigenvalue weighted by Gasteiger charge is 2.38. The highest BCUT2D eigenvalue weighted by molar-refractivity contribution is 5.73. The molecule has 0 unspecified atom stereocenters. The molecule has 0 saturated carbocycles. The second-order valence-electron chi connectivity index (χ2n) is 5.35. The van der Waals surface area contributed by atoms with Gasteiger partial charge in [-0.3, -0.25) is 0 Å². The minimum absolute atomic E-state index is 0.709. The number of ether oxygens (including phenoxy) is 2. The number of hydrogen-bond acceptors (Lipinski definition) is 4. The van der Waals surface area contributed by atoms with E-state index < -0.39 is 12.1 Å². The van der Waals surface area contributed by atoms with E-state index in [1.54, 1.807) is 7.11 Å². The Morgan fingerprint density at radius 1 is 1.19 bits per heavy atom. The van der Waals surface area contributed by atoms with Crippen LogP contribution in [-0.2, 0) is 11.3 Å². The van der Waals surface area contributed by atoms with Crippen molar-refractivity contribution < 1.29 is 32.5 Å². The Morgan fingerprint density at radius 2 is 1.85 bits per heavy atom. The summed E-state index contributed by atoms with van der Waals surface area (Å²) >= 11 is 0. The summed E-state index contributed by atoms with van der Waals surface area (Å²) in [7, 11) is 1.68. The second-order valence-corrected chi connectivity index (χ2v) is 5.35. The molecular formula is C18H18F3NO4. The first-order valence-electron chi connectivity index (χ1n) is 7.73. The predicted molar refractivity (Wildman–Crippen MR) is 89.3 cm³/mol. The maximum absolute atomic E-state index is 10.6. The van der Waals surface area contributed by atoms with Gasteiger partial charge in [-0.1, -0.05) is 30.3 Å². The molecule has 0 amide bonds. The number of fused-ring (bicyclic) bond motifs is 1. The molecule has 2 N–H and O–H groups in total. The summed E-state index contributed by atoms with van der Waals surface area (Å²) in [6.45, 7) is 2.45. The summed E-state index contributed by atoms with van der Waals surface area (Å²) in [4.78, 5) is 8.90. The van der Waals surface area contributed by atoms with Gasteiger partial charge in [-0.25, -0.2) is 4.79 Å². The van der Waals surface area contributed by atoms with Crippen LogP contribution in [0.25, 0.3) is 11.1 Å². The molecule has 1 heterocycles. The van der Waals surface area contributed by atoms with Crippen molar-refractivity contribution in [3.63, 3.8) is 0 Å². The molecule has 0 aliphatic carbocycles. The van der Waals surface area contributed by atoms with Crippen LogP contribution in [0.2, 0.25) is 0 Å². The number of aliphatic carboxylic acids is 1. The Balaban J connectivity index is 0.000000298. The van der Waals surface area contributed by atoms with Crippen LogP contribution in [-0.4, -0.2) is 37.5 Å². The van der Waals surface area contributed by atoms with Crippen LogP contribution in [0.5, 0.6) is 11.5 Å². The number of methoxy groups -OCH3 is 1. The van der Waals surface area contributed by atoms with Gasteiger partial charge in [0.15, 0.2) is 0 Å². The average Bonchev–Trinajstić information content (AvgIpc) is 2.87. The number of carboxylic acid groups (broad SMARTS) is 1. The van der Waals surface area contributed by atoms with Crippen LogP contribution < -0.4 is 14.8 Å². The number of carboxylic acids is 1. The average molecular weight is 369 g/mol. The van der Waals surface area contributed by atoms with Crippen LogP contribution in [0.15, 0.2) is 42.5 Å². The lowest BCUT2D eigenvalue weighted by Gasteiger charge is -2.13. The van der Waals surface area contributed by atoms with Gasteiger partial charge in [-0.2, -0.15) is 13.2 Å². The molecule has 2 aromatic rings. The van der Waals surface area contributed by atoms with Gasteiger partial charge < -0.3 is 19.9 Å². The number of benzene rings is 2. The highest BCUT2D eigenvalue weighted by atomic mass is 19.4. The van der Waals surface area contributed by atoms with E-state index in [9.17, 15) is 13.2 Å². The third-order valence-electron chi connectivity index (χ3n) is 3.58. The van der Waals surface area contributed by atoms with Crippen molar-refractivity contribution in [3.8, 4) is 22.6 Å². The number of carbonyl (C=O) groups is 1. The molecule has 5 nitrogen and oxygen atoms in total. The van der Waals surface area contributed by atoms with E-state index >= 15 is 0 Å². The molecule has 0 aromatic heterocycles. The van der Waals surface area contributed by atoms with Crippen molar-refractivity contribution in [2.45, 2.75) is 12.7 Å². The van der Waals surface area contributed by atoms with Gasteiger partial charge in [0.1, 0.15) is 18.1 Å². The smallest absolute Gasteiger partial charge is 0.490 e. The Bertz CT molecular complexity index is 745. The molecule has 140 valence electrons. The van der Waals surface area contributed by atoms with Gasteiger partial charge in [0.2, 0.25) is 0 Å². The first-order valence-corrected chi connectivity index (χ1v) is 7.73. The van der Waals surface area contributed by atoms with Crippen LogP contribution in [0, 0.1) is 0 Å². The van der Waals surface area contributed by atoms with E-state index in [0.29, 0.717) is 6.61 Å². The van der Waals surface area contributed by atoms with E-state index in [-0.39, 0.29) is 0 Å². The summed E-state index contributed by atoms with van der Waals surface area (Å²) in [5, 5.41) is 10.5. The van der Waals surface area contributed by atoms with Crippen molar-refractivity contribution >= 4 is 5.97 Å². The van der Waals surface area contributed by atoms with Crippen LogP contribution >= 0.6 is 0 Å². The minimum Gasteiger partial charge on any atom is -0.497 e. The van der Waals surface area contributed by atoms with E-state index in [2.05, 4.69) is 35.6 Å². The van der Waals surface area contributed by atoms with Gasteiger partial charge in [0.25, 0.3) is 0 Å². The molecule has 0 bridgehead atoms. The zero-order valence-corrected chi connectivity index (χ0v) is 14.0. The maximum Gasteiger partial charge on any atom is 0.490 e. The molecule has 3 rings (SSSR count). The van der Waals surface area contributed by atoms with Gasteiger partial charge in [0, 0.05) is 24.2 Å². The Morgan fingerprint density at radius 3 is 2.42 bits per heavy atom. The number of nitrogens with one attached hydrogen (secondary N) is 1. The van der Waals surface area contributed by atoms with Crippen molar-refractivity contribution in [3.05, 3.63) is 48.0 Å². The SMILES string of the molecule is COc1ccc(-c2cccc3c2OCCNC3)cc1.O=C(O)C(F)(F)F. The van der Waals surface area contributed by atoms with Gasteiger partial charge in [-0.15, -0.1) is 0 Å². The molecule has 0 spiro atoms. The topological polar surface area (TPSA) is 67.8 Å². The van der Waals surface area contributed by atoms with Crippen molar-refractivity contribution in [1.29, 1.82) is 0 Å². The lowest BCUT2D eigenvalue weighted by Crippen LogP contribution is -2.21. The summed E-state index contributed by atoms with van der Waals surface area (Å²) in [6, 6.07) is 14.4. The molecule has 1 aliphatic rings. The third kappa shape index (κ3) is 5.13. The summed E-state index contributed by atoms with van der Waals surface area (Å²) in [5.74, 6) is -0.890. The largest absolute Gasteiger partial charge is 0.497 e. The molecule has 0 saturated heterocycles. The van der Waals surface area contributed by atoms with E-state index in [4.69, 9.17) is 19.4 Å². The molecule has 0 radical (unpaired) electrons. The fraction of sp³-hybridized carbons (Fsp3) is 0.278. The minimum atomic E-state index is -5.08. The number of rotatable bonds is 2. The Kier molecular flexibility index (Phi) is 6.46. The predicted octanol–water partition coefficient (Wildman–Crippen LogP) is 3.48. The van der Waals surface area contributed by atoms with E-state index in [1.807, 2.05) is 12.1 Å². The van der Waals surface area contributed by atoms with Crippen LogP contribution in [0.3, 0.4) is 0 Å². The Labute approximate surface area is 148 Å². The van der Waals surface area contributed by atoms with Crippen molar-refractivity contribution in [1.82, 2.24) is 5.32 Å². The molecule has 0 atom stereocenters. The quantitative estimate of drug-likeness (QED) is 0.848. The van der Waals surface area contributed by atoms with Gasteiger partial charge in [-0.05, 0) is 17.7 Å². The molecule has 2 aromatic carbocycles. The lowest BCUT2D eigenvalue weighted by atomic mass is 10.0. The molecule has 1 aliphatic heterocycles. The number of para-hydroxylation sites is 1. The molecule has 8 heteroatoms. The maximum atomic E-state index is 10.6. The first kappa shape index (κ1) is 19.6. The number of hydrogen-bond donors (Lipinski definition) is 2. The lowest BCUT2D eigenvalue weighted by molar-refractivity contribution is -0.192. The van der Waals surface area contributed by atoms with E-state index in [1.165, 1.54) is 5.56 Å². The summed E-state index contributed by atoms with van der Waals surface area (Å²) in [5.41, 5.74) is 3.51. The zero-order chi connectivity index (χ0) is 19.2. The van der Waals surface area contributed by atoms with Gasteiger partial charge >= 0.3 is 12.1 Å². The second kappa shape index (κ2) is 8.57. The molecular weight excluding hydrogens is 351 g/mol. The van der Waals surface area contributed by atoms with Crippen molar-refractivity contribution in [2.24, 2.45) is 0 Å². The zero-order valence-electron chi connectivity index (χ0n) is 14.0. The summed E-state index contributed by atoms with van der Waals surface area (Å²) < 4.78 is 42.8. The number of halogens is 3. The standard InChI is InChI=1S/C16H17NO2.C2HF3O2/c1-18-14-7-5-12(6-8-14)15-4-2-3-13-11-17-9-10-19-16(13)15;3-2(4,5)1(6)7/h2-8,17H,9-11H2,1H3;(H,6,7). The first-order chi connectivity index (χ1) is 12.3. The monoisotopic (exact) mass is 369 g/mol.